The molecule has 0 unspecified atom stereocenters. The van der Waals surface area contributed by atoms with E-state index in [4.69, 9.17) is 0 Å². The van der Waals surface area contributed by atoms with Crippen molar-refractivity contribution in [2.75, 3.05) is 71.1 Å². The zero-order valence-electron chi connectivity index (χ0n) is 16.4. The van der Waals surface area contributed by atoms with Gasteiger partial charge in [-0.25, -0.2) is 22.7 Å². The Hall–Kier alpha value is -1.78. The summed E-state index contributed by atoms with van der Waals surface area (Å²) in [4.78, 5) is 26.8. The molecule has 0 saturated carbocycles. The maximum Gasteiger partial charge on any atom is 0.225 e. The molecule has 0 aliphatic carbocycles. The molecule has 0 bridgehead atoms. The average molecular weight is 399 g/mol. The van der Waals surface area contributed by atoms with Gasteiger partial charge in [0, 0.05) is 58.1 Å². The van der Waals surface area contributed by atoms with Crippen LogP contribution in [-0.4, -0.2) is 105 Å². The summed E-state index contributed by atoms with van der Waals surface area (Å²) >= 11 is 0. The fourth-order valence-corrected chi connectivity index (χ4v) is 3.88. The number of amides is 1. The Morgan fingerprint density at radius 3 is 2.26 bits per heavy atom. The molecule has 1 aliphatic heterocycles. The molecule has 9 nitrogen and oxygen atoms in total. The Labute approximate surface area is 162 Å². The van der Waals surface area contributed by atoms with Crippen molar-refractivity contribution in [3.05, 3.63) is 18.5 Å². The van der Waals surface area contributed by atoms with Gasteiger partial charge in [0.25, 0.3) is 0 Å². The van der Waals surface area contributed by atoms with Crippen LogP contribution in [0.5, 0.6) is 0 Å². The highest BCUT2D eigenvalue weighted by atomic mass is 32.2. The predicted molar refractivity (Wildman–Crippen MR) is 105 cm³/mol. The predicted octanol–water partition coefficient (Wildman–Crippen LogP) is -0.271. The summed E-state index contributed by atoms with van der Waals surface area (Å²) in [5.74, 6) is 0.665. The van der Waals surface area contributed by atoms with Crippen LogP contribution >= 0.6 is 0 Å². The topological polar surface area (TPSA) is 89.9 Å². The molecular weight excluding hydrogens is 368 g/mol. The molecule has 0 atom stereocenters. The Morgan fingerprint density at radius 2 is 1.70 bits per heavy atom. The van der Waals surface area contributed by atoms with E-state index >= 15 is 0 Å². The minimum atomic E-state index is -3.31. The van der Waals surface area contributed by atoms with Crippen molar-refractivity contribution in [3.63, 3.8) is 0 Å². The highest BCUT2D eigenvalue weighted by molar-refractivity contribution is 7.88. The van der Waals surface area contributed by atoms with E-state index in [0.717, 1.165) is 13.0 Å². The summed E-state index contributed by atoms with van der Waals surface area (Å²) < 4.78 is 25.3. The minimum Gasteiger partial charge on any atom is -0.339 e. The van der Waals surface area contributed by atoms with E-state index in [0.29, 0.717) is 38.7 Å². The first-order valence-electron chi connectivity index (χ1n) is 9.17. The van der Waals surface area contributed by atoms with Crippen LogP contribution in [0.3, 0.4) is 0 Å². The Morgan fingerprint density at radius 1 is 1.07 bits per heavy atom. The van der Waals surface area contributed by atoms with Crippen molar-refractivity contribution in [1.29, 1.82) is 0 Å². The van der Waals surface area contributed by atoms with Crippen molar-refractivity contribution in [2.45, 2.75) is 12.8 Å². The van der Waals surface area contributed by atoms with Crippen molar-refractivity contribution in [1.82, 2.24) is 24.1 Å². The van der Waals surface area contributed by atoms with E-state index in [1.807, 2.05) is 23.9 Å². The van der Waals surface area contributed by atoms with Crippen LogP contribution in [0.15, 0.2) is 18.5 Å². The third-order valence-electron chi connectivity index (χ3n) is 4.52. The van der Waals surface area contributed by atoms with Crippen LogP contribution in [-0.2, 0) is 14.8 Å². The molecule has 1 aromatic rings. The van der Waals surface area contributed by atoms with Gasteiger partial charge in [0.15, 0.2) is 0 Å². The molecule has 0 spiro atoms. The lowest BCUT2D eigenvalue weighted by atomic mass is 10.2. The fraction of sp³-hybridized carbons (Fsp3) is 0.706. The molecule has 10 heteroatoms. The normalized spacial score (nSPS) is 15.6. The number of carbonyl (C=O) groups excluding carboxylic acids is 1. The van der Waals surface area contributed by atoms with Gasteiger partial charge < -0.3 is 14.7 Å². The lowest BCUT2D eigenvalue weighted by Crippen LogP contribution is -2.49. The molecule has 1 amide bonds. The highest BCUT2D eigenvalue weighted by Gasteiger charge is 2.24. The molecule has 0 N–H and O–H groups in total. The number of hydrogen-bond acceptors (Lipinski definition) is 7. The van der Waals surface area contributed by atoms with Gasteiger partial charge in [-0.15, -0.1) is 0 Å². The second kappa shape index (κ2) is 9.95. The lowest BCUT2D eigenvalue weighted by molar-refractivity contribution is -0.131. The third-order valence-corrected chi connectivity index (χ3v) is 5.83. The summed E-state index contributed by atoms with van der Waals surface area (Å²) in [5, 5.41) is 0. The molecule has 2 rings (SSSR count). The Kier molecular flexibility index (Phi) is 7.93. The Balaban J connectivity index is 1.80. The SMILES string of the molecule is CN(C)CCCN(CCC(=O)N1CCN(c2ncccn2)CC1)S(C)(=O)=O. The van der Waals surface area contributed by atoms with Gasteiger partial charge in [-0.05, 0) is 33.1 Å². The van der Waals surface area contributed by atoms with E-state index in [2.05, 4.69) is 9.97 Å². The summed E-state index contributed by atoms with van der Waals surface area (Å²) in [6.07, 6.45) is 5.55. The zero-order valence-corrected chi connectivity index (χ0v) is 17.2. The Bertz CT molecular complexity index is 690. The van der Waals surface area contributed by atoms with Crippen molar-refractivity contribution < 1.29 is 13.2 Å². The van der Waals surface area contributed by atoms with Crippen LogP contribution in [0, 0.1) is 0 Å². The molecule has 27 heavy (non-hydrogen) atoms. The zero-order chi connectivity index (χ0) is 19.9. The van der Waals surface area contributed by atoms with Crippen molar-refractivity contribution in [2.24, 2.45) is 0 Å². The van der Waals surface area contributed by atoms with Crippen LogP contribution < -0.4 is 4.90 Å². The minimum absolute atomic E-state index is 0.00936. The summed E-state index contributed by atoms with van der Waals surface area (Å²) in [5.41, 5.74) is 0. The summed E-state index contributed by atoms with van der Waals surface area (Å²) in [6, 6.07) is 1.77. The average Bonchev–Trinajstić information content (AvgIpc) is 2.64. The first kappa shape index (κ1) is 21.5. The molecule has 0 aromatic carbocycles. The lowest BCUT2D eigenvalue weighted by Gasteiger charge is -2.35. The summed E-state index contributed by atoms with van der Waals surface area (Å²) in [6.45, 7) is 4.01. The van der Waals surface area contributed by atoms with Crippen LogP contribution in [0.25, 0.3) is 0 Å². The first-order chi connectivity index (χ1) is 12.8. The monoisotopic (exact) mass is 398 g/mol. The third kappa shape index (κ3) is 7.04. The van der Waals surface area contributed by atoms with E-state index in [1.165, 1.54) is 10.6 Å². The number of rotatable bonds is 9. The van der Waals surface area contributed by atoms with Crippen LogP contribution in [0.1, 0.15) is 12.8 Å². The van der Waals surface area contributed by atoms with Gasteiger partial charge in [0.05, 0.1) is 6.26 Å². The quantitative estimate of drug-likeness (QED) is 0.565. The number of carbonyl (C=O) groups is 1. The number of aromatic nitrogens is 2. The van der Waals surface area contributed by atoms with Gasteiger partial charge in [-0.3, -0.25) is 4.79 Å². The first-order valence-corrected chi connectivity index (χ1v) is 11.0. The number of nitrogens with zero attached hydrogens (tertiary/aromatic N) is 6. The van der Waals surface area contributed by atoms with Gasteiger partial charge in [-0.1, -0.05) is 0 Å². The summed E-state index contributed by atoms with van der Waals surface area (Å²) in [7, 11) is 0.591. The van der Waals surface area contributed by atoms with Gasteiger partial charge >= 0.3 is 0 Å². The molecule has 1 fully saturated rings. The molecule has 2 heterocycles. The molecular formula is C17H30N6O3S. The molecule has 1 saturated heterocycles. The second-order valence-corrected chi connectivity index (χ2v) is 8.97. The number of hydrogen-bond donors (Lipinski definition) is 0. The second-order valence-electron chi connectivity index (χ2n) is 6.99. The van der Waals surface area contributed by atoms with Gasteiger partial charge in [0.2, 0.25) is 21.9 Å². The van der Waals surface area contributed by atoms with Crippen molar-refractivity contribution in [3.8, 4) is 0 Å². The number of anilines is 1. The van der Waals surface area contributed by atoms with E-state index < -0.39 is 10.0 Å². The van der Waals surface area contributed by atoms with E-state index in [9.17, 15) is 13.2 Å². The van der Waals surface area contributed by atoms with Gasteiger partial charge in [-0.2, -0.15) is 0 Å². The molecule has 152 valence electrons. The maximum absolute atomic E-state index is 12.5. The molecule has 0 radical (unpaired) electrons. The largest absolute Gasteiger partial charge is 0.339 e. The fourth-order valence-electron chi connectivity index (χ4n) is 3.00. The maximum atomic E-state index is 12.5. The number of piperazine rings is 1. The van der Waals surface area contributed by atoms with Crippen molar-refractivity contribution >= 4 is 21.9 Å². The number of sulfonamides is 1. The van der Waals surface area contributed by atoms with E-state index in [-0.39, 0.29) is 18.9 Å². The van der Waals surface area contributed by atoms with E-state index in [1.54, 1.807) is 23.4 Å². The molecule has 1 aliphatic rings. The van der Waals surface area contributed by atoms with Crippen LogP contribution in [0.4, 0.5) is 5.95 Å². The van der Waals surface area contributed by atoms with Gasteiger partial charge in [0.1, 0.15) is 0 Å². The van der Waals surface area contributed by atoms with Crippen LogP contribution in [0.2, 0.25) is 0 Å². The smallest absolute Gasteiger partial charge is 0.225 e. The standard InChI is InChI=1S/C17H30N6O3S/c1-20(2)9-5-10-23(27(3,25)26)11-6-16(24)21-12-14-22(15-13-21)17-18-7-4-8-19-17/h4,7-8H,5-6,9-15H2,1-3H3. The molecule has 1 aromatic heterocycles. The highest BCUT2D eigenvalue weighted by Crippen LogP contribution is 2.11.